The van der Waals surface area contributed by atoms with E-state index in [1.54, 1.807) is 0 Å². The van der Waals surface area contributed by atoms with Crippen LogP contribution in [0.3, 0.4) is 0 Å². The number of hydrogen-bond donors (Lipinski definition) is 3. The average Bonchev–Trinajstić information content (AvgIpc) is 0.722. The molecule has 0 aliphatic carbocycles. The van der Waals surface area contributed by atoms with Crippen molar-refractivity contribution in [2.45, 2.75) is 0 Å². The zero-order valence-corrected chi connectivity index (χ0v) is 5.83. The van der Waals surface area contributed by atoms with Gasteiger partial charge in [-0.25, -0.2) is 4.57 Å². The third kappa shape index (κ3) is 49.6. The van der Waals surface area contributed by atoms with Crippen LogP contribution in [-0.4, -0.2) is 117 Å². The van der Waals surface area contributed by atoms with Crippen LogP contribution in [0.25, 0.3) is 0 Å². The zero-order valence-electron chi connectivity index (χ0n) is 2.61. The zero-order chi connectivity index (χ0) is 4.50. The summed E-state index contributed by atoms with van der Waals surface area (Å²) in [6, 6.07) is 0. The summed E-state index contributed by atoms with van der Waals surface area (Å²) in [5.74, 6) is 0. The molecule has 0 unspecified atom stereocenters. The van der Waals surface area contributed by atoms with Crippen LogP contribution in [0.5, 0.6) is 0 Å². The van der Waals surface area contributed by atoms with Gasteiger partial charge in [0.05, 0.1) is 0 Å². The molecule has 44 valence electrons. The molecule has 0 spiro atoms. The Kier molecular flexibility index (Phi) is 31.6. The van der Waals surface area contributed by atoms with Gasteiger partial charge in [0.2, 0.25) is 0 Å². The van der Waals surface area contributed by atoms with Crippen LogP contribution in [0.4, 0.5) is 0 Å². The molecular formula is H6IK2O4P. The molecule has 0 fully saturated rings. The normalized spacial score (nSPS) is 7.38. The van der Waals surface area contributed by atoms with Crippen LogP contribution in [0.2, 0.25) is 0 Å². The van der Waals surface area contributed by atoms with E-state index in [1.807, 2.05) is 0 Å². The Morgan fingerprint density at radius 3 is 1.00 bits per heavy atom. The predicted octanol–water partition coefficient (Wildman–Crippen LogP) is -1.61. The van der Waals surface area contributed by atoms with E-state index < -0.39 is 7.82 Å². The van der Waals surface area contributed by atoms with E-state index in [-0.39, 0.29) is 127 Å². The minimum atomic E-state index is -4.64. The summed E-state index contributed by atoms with van der Waals surface area (Å²) in [6.45, 7) is 0. The second kappa shape index (κ2) is 11.1. The summed E-state index contributed by atoms with van der Waals surface area (Å²) in [6.07, 6.45) is 0. The molecule has 0 atom stereocenters. The molecule has 0 radical (unpaired) electrons. The van der Waals surface area contributed by atoms with E-state index in [1.165, 1.54) is 0 Å². The van der Waals surface area contributed by atoms with Crippen molar-refractivity contribution in [3.8, 4) is 0 Å². The van der Waals surface area contributed by atoms with Gasteiger partial charge >= 0.3 is 111 Å². The Hall–Kier alpha value is 4.11. The van der Waals surface area contributed by atoms with Gasteiger partial charge in [0, 0.05) is 0 Å². The first-order valence-corrected chi connectivity index (χ1v) is 2.35. The van der Waals surface area contributed by atoms with Crippen molar-refractivity contribution in [3.63, 3.8) is 0 Å². The SMILES string of the molecule is I.O=P(O)(O)O.[KH].[KH]. The molecule has 8 heavy (non-hydrogen) atoms. The van der Waals surface area contributed by atoms with Gasteiger partial charge in [0.25, 0.3) is 0 Å². The van der Waals surface area contributed by atoms with Crippen molar-refractivity contribution in [1.29, 1.82) is 0 Å². The molecule has 0 bridgehead atoms. The van der Waals surface area contributed by atoms with E-state index in [4.69, 9.17) is 19.2 Å². The van der Waals surface area contributed by atoms with Crippen molar-refractivity contribution in [1.82, 2.24) is 0 Å². The van der Waals surface area contributed by atoms with Gasteiger partial charge in [-0.1, -0.05) is 0 Å². The fourth-order valence-electron chi connectivity index (χ4n) is 0. The minimum absolute atomic E-state index is 0. The molecule has 0 amide bonds. The summed E-state index contributed by atoms with van der Waals surface area (Å²) in [7, 11) is -4.64. The van der Waals surface area contributed by atoms with Crippen LogP contribution in [0, 0.1) is 0 Å². The number of rotatable bonds is 0. The first kappa shape index (κ1) is 22.7. The number of hydrogen-bond acceptors (Lipinski definition) is 1. The third-order valence-corrected chi connectivity index (χ3v) is 0. The molecule has 0 saturated carbocycles. The van der Waals surface area contributed by atoms with Crippen LogP contribution in [-0.2, 0) is 4.57 Å². The van der Waals surface area contributed by atoms with Crippen molar-refractivity contribution in [3.05, 3.63) is 0 Å². The molecule has 3 N–H and O–H groups in total. The van der Waals surface area contributed by atoms with E-state index in [0.29, 0.717) is 0 Å². The summed E-state index contributed by atoms with van der Waals surface area (Å²) in [5, 5.41) is 0. The monoisotopic (exact) mass is 306 g/mol. The average molecular weight is 306 g/mol. The molecule has 0 saturated heterocycles. The fourth-order valence-corrected chi connectivity index (χ4v) is 0. The molecule has 0 aromatic rings. The topological polar surface area (TPSA) is 77.8 Å². The number of phosphoric acid groups is 1. The summed E-state index contributed by atoms with van der Waals surface area (Å²) in [4.78, 5) is 21.6. The fraction of sp³-hybridized carbons (Fsp3) is 0. The Morgan fingerprint density at radius 2 is 1.00 bits per heavy atom. The predicted molar refractivity (Wildman–Crippen MR) is 44.0 cm³/mol. The van der Waals surface area contributed by atoms with E-state index in [0.717, 1.165) is 0 Å². The Labute approximate surface area is 149 Å². The van der Waals surface area contributed by atoms with E-state index in [2.05, 4.69) is 0 Å². The van der Waals surface area contributed by atoms with Gasteiger partial charge in [-0.05, 0) is 0 Å². The second-order valence-electron chi connectivity index (χ2n) is 0.513. The Morgan fingerprint density at radius 1 is 1.00 bits per heavy atom. The molecule has 8 heteroatoms. The van der Waals surface area contributed by atoms with Gasteiger partial charge in [-0.2, -0.15) is 0 Å². The molecule has 0 aromatic carbocycles. The third-order valence-electron chi connectivity index (χ3n) is 0. The summed E-state index contributed by atoms with van der Waals surface area (Å²) in [5.41, 5.74) is 0. The molecule has 0 aliphatic heterocycles. The van der Waals surface area contributed by atoms with Crippen LogP contribution < -0.4 is 0 Å². The summed E-state index contributed by atoms with van der Waals surface area (Å²) < 4.78 is 8.88. The van der Waals surface area contributed by atoms with Crippen molar-refractivity contribution < 1.29 is 19.2 Å². The second-order valence-corrected chi connectivity index (χ2v) is 1.54. The van der Waals surface area contributed by atoms with E-state index >= 15 is 0 Å². The Bertz CT molecular complexity index is 60.2. The van der Waals surface area contributed by atoms with Crippen LogP contribution in [0.15, 0.2) is 0 Å². The maximum absolute atomic E-state index is 8.88. The van der Waals surface area contributed by atoms with Gasteiger partial charge in [0.15, 0.2) is 0 Å². The van der Waals surface area contributed by atoms with Crippen molar-refractivity contribution in [2.75, 3.05) is 0 Å². The van der Waals surface area contributed by atoms with E-state index in [9.17, 15) is 0 Å². The quantitative estimate of drug-likeness (QED) is 0.286. The molecule has 0 rings (SSSR count). The number of halogens is 1. The van der Waals surface area contributed by atoms with Crippen LogP contribution >= 0.6 is 31.8 Å². The van der Waals surface area contributed by atoms with Crippen molar-refractivity contribution in [2.24, 2.45) is 0 Å². The molecule has 0 heterocycles. The molecule has 4 nitrogen and oxygen atoms in total. The van der Waals surface area contributed by atoms with Crippen LogP contribution in [0.1, 0.15) is 0 Å². The first-order chi connectivity index (χ1) is 2.00. The van der Waals surface area contributed by atoms with Gasteiger partial charge in [0.1, 0.15) is 0 Å². The summed E-state index contributed by atoms with van der Waals surface area (Å²) >= 11 is 0. The van der Waals surface area contributed by atoms with Gasteiger partial charge in [-0.15, -0.1) is 24.0 Å². The standard InChI is InChI=1S/HI.2K.H3O4P.2H/c;;;1-5(2,3)4;;/h1H;;;(H3,1,2,3,4);;. The maximum atomic E-state index is 8.88. The molecular weight excluding hydrogens is 300 g/mol. The first-order valence-electron chi connectivity index (χ1n) is 0.783. The molecule has 0 aromatic heterocycles. The van der Waals surface area contributed by atoms with Gasteiger partial charge in [-0.3, -0.25) is 0 Å². The Balaban J connectivity index is -0.0000000267. The van der Waals surface area contributed by atoms with Gasteiger partial charge < -0.3 is 14.7 Å². The van der Waals surface area contributed by atoms with Crippen molar-refractivity contribution >= 4 is 135 Å². The molecule has 0 aliphatic rings.